The van der Waals surface area contributed by atoms with E-state index in [0.717, 1.165) is 5.56 Å². The third-order valence-corrected chi connectivity index (χ3v) is 5.28. The fourth-order valence-electron chi connectivity index (χ4n) is 3.01. The zero-order chi connectivity index (χ0) is 22.5. The summed E-state index contributed by atoms with van der Waals surface area (Å²) in [6.45, 7) is 1.59. The summed E-state index contributed by atoms with van der Waals surface area (Å²) in [6.07, 6.45) is 0. The first-order valence-electron chi connectivity index (χ1n) is 9.36. The SMILES string of the molecule is CCN(C(=O)COc1ccc(Cl)c(Cl)c1)c1c(N)n(Cc2ccccc2)c(=O)[nH]c1=O. The lowest BCUT2D eigenvalue weighted by molar-refractivity contribution is -0.120. The standard InChI is InChI=1S/C21H20Cl2N4O4/c1-2-26(17(28)12-31-14-8-9-15(22)16(23)10-14)18-19(24)27(21(30)25-20(18)29)11-13-6-4-3-5-7-13/h3-10H,2,11-12,24H2,1H3,(H,25,29,30). The molecule has 0 aliphatic rings. The van der Waals surface area contributed by atoms with Crippen LogP contribution in [0.3, 0.4) is 0 Å². The Morgan fingerprint density at radius 1 is 1.13 bits per heavy atom. The summed E-state index contributed by atoms with van der Waals surface area (Å²) in [7, 11) is 0. The van der Waals surface area contributed by atoms with Gasteiger partial charge in [0.05, 0.1) is 16.6 Å². The van der Waals surface area contributed by atoms with E-state index in [1.165, 1.54) is 15.5 Å². The second-order valence-electron chi connectivity index (χ2n) is 6.57. The number of nitrogens with one attached hydrogen (secondary N) is 1. The number of nitrogens with two attached hydrogens (primary N) is 1. The molecule has 3 aromatic rings. The molecule has 1 aromatic heterocycles. The molecule has 0 fully saturated rings. The van der Waals surface area contributed by atoms with Gasteiger partial charge in [0.15, 0.2) is 12.3 Å². The van der Waals surface area contributed by atoms with E-state index in [2.05, 4.69) is 4.98 Å². The minimum absolute atomic E-state index is 0.109. The number of ether oxygens (including phenoxy) is 1. The number of hydrogen-bond donors (Lipinski definition) is 2. The largest absolute Gasteiger partial charge is 0.484 e. The van der Waals surface area contributed by atoms with Crippen molar-refractivity contribution < 1.29 is 9.53 Å². The summed E-state index contributed by atoms with van der Waals surface area (Å²) in [6, 6.07) is 13.7. The number of carbonyl (C=O) groups excluding carboxylic acids is 1. The zero-order valence-corrected chi connectivity index (χ0v) is 18.1. The number of nitrogen functional groups attached to an aromatic ring is 1. The number of nitrogens with zero attached hydrogens (tertiary/aromatic N) is 2. The van der Waals surface area contributed by atoms with E-state index >= 15 is 0 Å². The first kappa shape index (κ1) is 22.5. The summed E-state index contributed by atoms with van der Waals surface area (Å²) in [5.41, 5.74) is 5.45. The molecule has 31 heavy (non-hydrogen) atoms. The fraction of sp³-hybridized carbons (Fsp3) is 0.190. The first-order valence-corrected chi connectivity index (χ1v) is 10.1. The molecule has 0 saturated carbocycles. The average Bonchev–Trinajstić information content (AvgIpc) is 2.75. The Balaban J connectivity index is 1.88. The molecule has 10 heteroatoms. The van der Waals surface area contributed by atoms with Crippen LogP contribution in [0.15, 0.2) is 58.1 Å². The fourth-order valence-corrected chi connectivity index (χ4v) is 3.30. The van der Waals surface area contributed by atoms with Gasteiger partial charge < -0.3 is 15.4 Å². The summed E-state index contributed by atoms with van der Waals surface area (Å²) >= 11 is 11.8. The van der Waals surface area contributed by atoms with E-state index in [1.807, 2.05) is 30.3 Å². The molecule has 3 rings (SSSR count). The number of aromatic nitrogens is 2. The van der Waals surface area contributed by atoms with Crippen molar-refractivity contribution in [2.75, 3.05) is 23.8 Å². The van der Waals surface area contributed by atoms with Crippen molar-refractivity contribution in [3.8, 4) is 5.75 Å². The van der Waals surface area contributed by atoms with Gasteiger partial charge in [-0.1, -0.05) is 53.5 Å². The van der Waals surface area contributed by atoms with Crippen LogP contribution in [0.4, 0.5) is 11.5 Å². The van der Waals surface area contributed by atoms with E-state index in [1.54, 1.807) is 19.1 Å². The average molecular weight is 463 g/mol. The van der Waals surface area contributed by atoms with Crippen molar-refractivity contribution in [2.24, 2.45) is 0 Å². The van der Waals surface area contributed by atoms with E-state index < -0.39 is 17.2 Å². The normalized spacial score (nSPS) is 10.7. The highest BCUT2D eigenvalue weighted by Crippen LogP contribution is 2.26. The minimum atomic E-state index is -0.753. The second kappa shape index (κ2) is 9.72. The molecule has 1 amide bonds. The van der Waals surface area contributed by atoms with Gasteiger partial charge in [-0.25, -0.2) is 4.79 Å². The number of anilines is 2. The van der Waals surface area contributed by atoms with Crippen molar-refractivity contribution in [2.45, 2.75) is 13.5 Å². The van der Waals surface area contributed by atoms with Crippen molar-refractivity contribution in [1.29, 1.82) is 0 Å². The van der Waals surface area contributed by atoms with E-state index in [0.29, 0.717) is 10.8 Å². The van der Waals surface area contributed by atoms with Crippen LogP contribution in [-0.4, -0.2) is 28.6 Å². The highest BCUT2D eigenvalue weighted by Gasteiger charge is 2.23. The van der Waals surface area contributed by atoms with E-state index in [-0.39, 0.29) is 36.2 Å². The van der Waals surface area contributed by atoms with Crippen LogP contribution in [-0.2, 0) is 11.3 Å². The van der Waals surface area contributed by atoms with Crippen molar-refractivity contribution in [3.05, 3.63) is 85.0 Å². The smallest absolute Gasteiger partial charge is 0.330 e. The molecule has 2 aromatic carbocycles. The van der Waals surface area contributed by atoms with Gasteiger partial charge in [-0.3, -0.25) is 19.1 Å². The van der Waals surface area contributed by atoms with Crippen molar-refractivity contribution in [1.82, 2.24) is 9.55 Å². The lowest BCUT2D eigenvalue weighted by Crippen LogP contribution is -2.42. The molecule has 0 radical (unpaired) electrons. The van der Waals surface area contributed by atoms with Gasteiger partial charge in [0.2, 0.25) is 0 Å². The number of likely N-dealkylation sites (N-methyl/N-ethyl adjacent to an activating group) is 1. The number of carbonyl (C=O) groups is 1. The Labute approximate surface area is 187 Å². The van der Waals surface area contributed by atoms with Gasteiger partial charge >= 0.3 is 5.69 Å². The predicted octanol–water partition coefficient (Wildman–Crippen LogP) is 2.91. The van der Waals surface area contributed by atoms with Crippen LogP contribution in [0.5, 0.6) is 5.75 Å². The van der Waals surface area contributed by atoms with Gasteiger partial charge in [0.25, 0.3) is 11.5 Å². The number of rotatable bonds is 7. The molecule has 0 atom stereocenters. The van der Waals surface area contributed by atoms with Gasteiger partial charge in [0, 0.05) is 12.6 Å². The maximum atomic E-state index is 12.8. The quantitative estimate of drug-likeness (QED) is 0.560. The summed E-state index contributed by atoms with van der Waals surface area (Å²) in [5.74, 6) is -0.284. The molecule has 0 spiro atoms. The lowest BCUT2D eigenvalue weighted by Gasteiger charge is -2.23. The Bertz CT molecular complexity index is 1210. The minimum Gasteiger partial charge on any atom is -0.484 e. The lowest BCUT2D eigenvalue weighted by atomic mass is 10.2. The van der Waals surface area contributed by atoms with Crippen LogP contribution in [0, 0.1) is 0 Å². The molecule has 0 unspecified atom stereocenters. The van der Waals surface area contributed by atoms with Crippen LogP contribution in [0.2, 0.25) is 10.0 Å². The molecule has 0 aliphatic heterocycles. The monoisotopic (exact) mass is 462 g/mol. The third kappa shape index (κ3) is 5.10. The topological polar surface area (TPSA) is 110 Å². The van der Waals surface area contributed by atoms with Gasteiger partial charge in [-0.05, 0) is 24.6 Å². The number of aromatic amines is 1. The maximum Gasteiger partial charge on any atom is 0.330 e. The molecule has 0 bridgehead atoms. The molecule has 1 heterocycles. The molecular weight excluding hydrogens is 443 g/mol. The van der Waals surface area contributed by atoms with Crippen LogP contribution in [0.25, 0.3) is 0 Å². The third-order valence-electron chi connectivity index (χ3n) is 4.54. The summed E-state index contributed by atoms with van der Waals surface area (Å²) in [5, 5.41) is 0.642. The summed E-state index contributed by atoms with van der Waals surface area (Å²) < 4.78 is 6.69. The molecule has 0 saturated heterocycles. The molecule has 3 N–H and O–H groups in total. The van der Waals surface area contributed by atoms with Crippen LogP contribution >= 0.6 is 23.2 Å². The second-order valence-corrected chi connectivity index (χ2v) is 7.38. The highest BCUT2D eigenvalue weighted by atomic mass is 35.5. The molecule has 0 aliphatic carbocycles. The number of hydrogen-bond acceptors (Lipinski definition) is 5. The Hall–Kier alpha value is -3.23. The number of halogens is 2. The van der Waals surface area contributed by atoms with Crippen LogP contribution < -0.4 is 26.6 Å². The van der Waals surface area contributed by atoms with Crippen molar-refractivity contribution >= 4 is 40.6 Å². The number of benzene rings is 2. The highest BCUT2D eigenvalue weighted by molar-refractivity contribution is 6.42. The number of amides is 1. The van der Waals surface area contributed by atoms with Crippen LogP contribution in [0.1, 0.15) is 12.5 Å². The zero-order valence-electron chi connectivity index (χ0n) is 16.6. The molecule has 162 valence electrons. The van der Waals surface area contributed by atoms with Gasteiger partial charge in [-0.2, -0.15) is 0 Å². The van der Waals surface area contributed by atoms with Gasteiger partial charge in [0.1, 0.15) is 11.6 Å². The van der Waals surface area contributed by atoms with E-state index in [9.17, 15) is 14.4 Å². The van der Waals surface area contributed by atoms with Gasteiger partial charge in [-0.15, -0.1) is 0 Å². The molecular formula is C21H20Cl2N4O4. The maximum absolute atomic E-state index is 12.8. The Kier molecular flexibility index (Phi) is 7.04. The first-order chi connectivity index (χ1) is 14.8. The molecule has 8 nitrogen and oxygen atoms in total. The van der Waals surface area contributed by atoms with E-state index in [4.69, 9.17) is 33.7 Å². The Morgan fingerprint density at radius 3 is 2.48 bits per heavy atom. The summed E-state index contributed by atoms with van der Waals surface area (Å²) in [4.78, 5) is 41.1. The predicted molar refractivity (Wildman–Crippen MR) is 121 cm³/mol. The van der Waals surface area contributed by atoms with Crippen molar-refractivity contribution in [3.63, 3.8) is 0 Å². The number of H-pyrrole nitrogens is 1. The Morgan fingerprint density at radius 2 is 1.84 bits per heavy atom.